The summed E-state index contributed by atoms with van der Waals surface area (Å²) in [5.74, 6) is -0.669. The van der Waals surface area contributed by atoms with Gasteiger partial charge < -0.3 is 10.1 Å². The van der Waals surface area contributed by atoms with Crippen molar-refractivity contribution in [2.24, 2.45) is 0 Å². The van der Waals surface area contributed by atoms with Gasteiger partial charge in [-0.1, -0.05) is 35.1 Å². The first-order chi connectivity index (χ1) is 17.3. The number of hydrogen-bond donors (Lipinski definition) is 3. The summed E-state index contributed by atoms with van der Waals surface area (Å²) in [6.07, 6.45) is 0.000730. The Morgan fingerprint density at radius 1 is 1.11 bits per heavy atom. The molecule has 1 aliphatic rings. The fourth-order valence-electron chi connectivity index (χ4n) is 3.68. The van der Waals surface area contributed by atoms with Crippen molar-refractivity contribution in [3.63, 3.8) is 0 Å². The number of amides is 4. The molecule has 0 bridgehead atoms. The molecule has 1 saturated carbocycles. The third-order valence-electron chi connectivity index (χ3n) is 5.51. The summed E-state index contributed by atoms with van der Waals surface area (Å²) >= 11 is 7.06. The largest absolute Gasteiger partial charge is 0.444 e. The third kappa shape index (κ3) is 6.38. The second kappa shape index (κ2) is 10.3. The number of carbonyl (C=O) groups is 3. The maximum atomic E-state index is 13.1. The molecule has 0 spiro atoms. The molecule has 4 rings (SSSR count). The molecule has 0 atom stereocenters. The minimum Gasteiger partial charge on any atom is -0.444 e. The van der Waals surface area contributed by atoms with Crippen LogP contribution in [0.3, 0.4) is 0 Å². The Kier molecular flexibility index (Phi) is 7.45. The second-order valence-electron chi connectivity index (χ2n) is 9.52. The van der Waals surface area contributed by atoms with Gasteiger partial charge in [0.05, 0.1) is 30.9 Å². The zero-order valence-electron chi connectivity index (χ0n) is 20.2. The molecular formula is C24H25ClN4O6S2. The molecular weight excluding hydrogens is 540 g/mol. The Morgan fingerprint density at radius 2 is 1.81 bits per heavy atom. The van der Waals surface area contributed by atoms with E-state index in [9.17, 15) is 22.8 Å². The maximum absolute atomic E-state index is 13.1. The topological polar surface area (TPSA) is 144 Å². The predicted octanol–water partition coefficient (Wildman–Crippen LogP) is 4.74. The average Bonchev–Trinajstić information content (AvgIpc) is 3.16. The zero-order chi connectivity index (χ0) is 27.0. The number of anilines is 1. The number of imide groups is 1. The highest BCUT2D eigenvalue weighted by Crippen LogP contribution is 2.35. The molecule has 2 aromatic carbocycles. The highest BCUT2D eigenvalue weighted by molar-refractivity contribution is 7.92. The first kappa shape index (κ1) is 26.8. The van der Waals surface area contributed by atoms with Gasteiger partial charge in [0.2, 0.25) is 0 Å². The van der Waals surface area contributed by atoms with E-state index in [2.05, 4.69) is 20.9 Å². The summed E-state index contributed by atoms with van der Waals surface area (Å²) in [4.78, 5) is 40.9. The number of ether oxygens (including phenoxy) is 1. The molecule has 0 unspecified atom stereocenters. The lowest BCUT2D eigenvalue weighted by molar-refractivity contribution is 0.0480. The number of sulfone groups is 1. The molecule has 10 nitrogen and oxygen atoms in total. The van der Waals surface area contributed by atoms with Gasteiger partial charge in [-0.2, -0.15) is 0 Å². The van der Waals surface area contributed by atoms with Crippen LogP contribution in [-0.4, -0.2) is 48.3 Å². The van der Waals surface area contributed by atoms with Crippen molar-refractivity contribution in [1.29, 1.82) is 0 Å². The van der Waals surface area contributed by atoms with Crippen molar-refractivity contribution in [2.45, 2.75) is 55.4 Å². The lowest BCUT2D eigenvalue weighted by Crippen LogP contribution is -2.50. The molecule has 3 N–H and O–H groups in total. The van der Waals surface area contributed by atoms with Crippen molar-refractivity contribution >= 4 is 66.2 Å². The van der Waals surface area contributed by atoms with E-state index in [1.54, 1.807) is 39.0 Å². The minimum atomic E-state index is -3.63. The number of nitrogens with one attached hydrogen (secondary N) is 3. The molecule has 3 aromatic rings. The molecule has 1 aliphatic carbocycles. The van der Waals surface area contributed by atoms with Gasteiger partial charge in [-0.05, 0) is 63.9 Å². The molecule has 0 radical (unpaired) electrons. The normalized spacial score (nSPS) is 17.5. The summed E-state index contributed by atoms with van der Waals surface area (Å²) in [7, 11) is -3.63. The summed E-state index contributed by atoms with van der Waals surface area (Å²) in [5.41, 5.74) is 0.0101. The molecule has 37 heavy (non-hydrogen) atoms. The first-order valence-corrected chi connectivity index (χ1v) is 14.1. The van der Waals surface area contributed by atoms with Gasteiger partial charge in [0, 0.05) is 6.04 Å². The fraction of sp³-hybridized carbons (Fsp3) is 0.333. The van der Waals surface area contributed by atoms with Crippen molar-refractivity contribution < 1.29 is 27.5 Å². The first-order valence-electron chi connectivity index (χ1n) is 11.3. The average molecular weight is 565 g/mol. The Bertz CT molecular complexity index is 1480. The van der Waals surface area contributed by atoms with E-state index in [4.69, 9.17) is 16.3 Å². The number of rotatable bonds is 5. The lowest BCUT2D eigenvalue weighted by atomic mass is 9.92. The minimum absolute atomic E-state index is 0.134. The van der Waals surface area contributed by atoms with Crippen LogP contribution in [0.15, 0.2) is 47.4 Å². The van der Waals surface area contributed by atoms with Crippen molar-refractivity contribution in [1.82, 2.24) is 15.6 Å². The molecule has 1 fully saturated rings. The Hall–Kier alpha value is -3.22. The Morgan fingerprint density at radius 3 is 2.49 bits per heavy atom. The number of nitrogens with zero attached hydrogens (tertiary/aromatic N) is 1. The lowest BCUT2D eigenvalue weighted by Gasteiger charge is -2.35. The predicted molar refractivity (Wildman–Crippen MR) is 141 cm³/mol. The van der Waals surface area contributed by atoms with E-state index >= 15 is 0 Å². The zero-order valence-corrected chi connectivity index (χ0v) is 22.6. The van der Waals surface area contributed by atoms with Crippen LogP contribution in [0.25, 0.3) is 10.2 Å². The fourth-order valence-corrected chi connectivity index (χ4v) is 6.78. The van der Waals surface area contributed by atoms with E-state index in [0.29, 0.717) is 10.2 Å². The van der Waals surface area contributed by atoms with Gasteiger partial charge in [0.1, 0.15) is 5.60 Å². The molecule has 1 aromatic heterocycles. The standard InChI is InChI=1S/C24H25ClN4O6S2/c1-24(2,3)35-23(32)26-13-10-15(11-13)37(33,34)14-8-9-18-19(12-14)36-22(27-18)29-21(31)28-20(30)16-6-4-5-7-17(16)25/h4-9,12-13,15H,10-11H2,1-3H3,(H,26,32)(H2,27,28,29,30,31). The number of alkyl carbamates (subject to hydrolysis) is 1. The van der Waals surface area contributed by atoms with Gasteiger partial charge >= 0.3 is 12.1 Å². The van der Waals surface area contributed by atoms with Crippen molar-refractivity contribution in [3.05, 3.63) is 53.1 Å². The summed E-state index contributed by atoms with van der Waals surface area (Å²) in [6.45, 7) is 5.26. The van der Waals surface area contributed by atoms with Crippen molar-refractivity contribution in [3.8, 4) is 0 Å². The highest BCUT2D eigenvalue weighted by atomic mass is 35.5. The van der Waals surface area contributed by atoms with Crippen LogP contribution in [0.2, 0.25) is 5.02 Å². The van der Waals surface area contributed by atoms with Crippen LogP contribution in [0.5, 0.6) is 0 Å². The van der Waals surface area contributed by atoms with E-state index in [1.807, 2.05) is 0 Å². The van der Waals surface area contributed by atoms with E-state index in [0.717, 1.165) is 11.3 Å². The van der Waals surface area contributed by atoms with E-state index < -0.39 is 38.7 Å². The number of aromatic nitrogens is 1. The van der Waals surface area contributed by atoms with Crippen LogP contribution in [0.1, 0.15) is 44.0 Å². The van der Waals surface area contributed by atoms with Gasteiger partial charge in [0.25, 0.3) is 5.91 Å². The molecule has 0 saturated heterocycles. The van der Waals surface area contributed by atoms with Crippen LogP contribution in [0.4, 0.5) is 14.7 Å². The molecule has 0 aliphatic heterocycles. The number of thiazole rings is 1. The second-order valence-corrected chi connectivity index (χ2v) is 13.2. The number of fused-ring (bicyclic) bond motifs is 1. The van der Waals surface area contributed by atoms with E-state index in [1.165, 1.54) is 24.3 Å². The van der Waals surface area contributed by atoms with Crippen molar-refractivity contribution in [2.75, 3.05) is 5.32 Å². The Balaban J connectivity index is 1.38. The van der Waals surface area contributed by atoms with Gasteiger partial charge in [-0.25, -0.2) is 23.0 Å². The van der Waals surface area contributed by atoms with Crippen LogP contribution in [-0.2, 0) is 14.6 Å². The highest BCUT2D eigenvalue weighted by Gasteiger charge is 2.41. The molecule has 1 heterocycles. The number of urea groups is 1. The van der Waals surface area contributed by atoms with Gasteiger partial charge in [0.15, 0.2) is 15.0 Å². The van der Waals surface area contributed by atoms with E-state index in [-0.39, 0.29) is 39.5 Å². The smallest absolute Gasteiger partial charge is 0.407 e. The van der Waals surface area contributed by atoms with Crippen LogP contribution >= 0.6 is 22.9 Å². The Labute approximate surface area is 222 Å². The number of halogens is 1. The molecule has 196 valence electrons. The monoisotopic (exact) mass is 564 g/mol. The van der Waals surface area contributed by atoms with Crippen LogP contribution < -0.4 is 16.0 Å². The summed E-state index contributed by atoms with van der Waals surface area (Å²) in [5, 5.41) is 7.14. The summed E-state index contributed by atoms with van der Waals surface area (Å²) in [6, 6.07) is 9.78. The summed E-state index contributed by atoms with van der Waals surface area (Å²) < 4.78 is 32.0. The number of benzene rings is 2. The SMILES string of the molecule is CC(C)(C)OC(=O)NC1CC(S(=O)(=O)c2ccc3nc(NC(=O)NC(=O)c4ccccc4Cl)sc3c2)C1. The number of hydrogen-bond acceptors (Lipinski definition) is 8. The molecule has 4 amide bonds. The van der Waals surface area contributed by atoms with Crippen LogP contribution in [0, 0.1) is 0 Å². The molecule has 13 heteroatoms. The maximum Gasteiger partial charge on any atom is 0.407 e. The van der Waals surface area contributed by atoms with Gasteiger partial charge in [-0.15, -0.1) is 0 Å². The quantitative estimate of drug-likeness (QED) is 0.406. The van der Waals surface area contributed by atoms with Gasteiger partial charge in [-0.3, -0.25) is 15.4 Å². The third-order valence-corrected chi connectivity index (χ3v) is 8.95. The number of carbonyl (C=O) groups excluding carboxylic acids is 3.